The topological polar surface area (TPSA) is 47.6 Å². The molecule has 31 heavy (non-hydrogen) atoms. The number of carbonyl (C=O) groups excluding carboxylic acids is 1. The third kappa shape index (κ3) is 12.0. The summed E-state index contributed by atoms with van der Waals surface area (Å²) in [7, 11) is 0. The van der Waals surface area contributed by atoms with Crippen molar-refractivity contribution in [2.75, 3.05) is 13.3 Å². The molecule has 0 radical (unpaired) electrons. The molecule has 0 bridgehead atoms. The molecular formula is C27H45NO3. The average Bonchev–Trinajstić information content (AvgIpc) is 3.23. The standard InChI is InChI=1S/C27H45NO3/c1-23(2)21-28-27(29)17-15-13-11-9-7-5-3-4-6-8-10-12-14-16-24-18-19-25-26(20-24)31-22-30-25/h18-20,23H,3-17,21-22H2,1-2H3,(H,28,29). The number of hydrogen-bond donors (Lipinski definition) is 1. The van der Waals surface area contributed by atoms with E-state index in [1.54, 1.807) is 0 Å². The molecule has 2 rings (SSSR count). The maximum absolute atomic E-state index is 11.6. The minimum atomic E-state index is 0.224. The molecule has 0 aliphatic carbocycles. The molecule has 0 saturated carbocycles. The molecule has 1 aromatic carbocycles. The molecular weight excluding hydrogens is 386 g/mol. The van der Waals surface area contributed by atoms with Crippen molar-refractivity contribution in [1.29, 1.82) is 0 Å². The van der Waals surface area contributed by atoms with Crippen LogP contribution in [0, 0.1) is 5.92 Å². The number of aryl methyl sites for hydroxylation is 1. The first kappa shape index (κ1) is 25.5. The lowest BCUT2D eigenvalue weighted by Crippen LogP contribution is -2.26. The van der Waals surface area contributed by atoms with Crippen LogP contribution in [-0.4, -0.2) is 19.2 Å². The molecule has 1 N–H and O–H groups in total. The van der Waals surface area contributed by atoms with Crippen LogP contribution < -0.4 is 14.8 Å². The van der Waals surface area contributed by atoms with Crippen LogP contribution in [0.2, 0.25) is 0 Å². The molecule has 4 heteroatoms. The number of rotatable bonds is 18. The van der Waals surface area contributed by atoms with E-state index in [1.807, 2.05) is 6.07 Å². The SMILES string of the molecule is CC(C)CNC(=O)CCCCCCCCCCCCCCCc1ccc2c(c1)OCO2. The van der Waals surface area contributed by atoms with Crippen LogP contribution in [0.4, 0.5) is 0 Å². The van der Waals surface area contributed by atoms with Crippen molar-refractivity contribution in [3.05, 3.63) is 23.8 Å². The summed E-state index contributed by atoms with van der Waals surface area (Å²) in [6, 6.07) is 6.33. The Morgan fingerprint density at radius 3 is 1.97 bits per heavy atom. The molecule has 0 aromatic heterocycles. The number of amides is 1. The van der Waals surface area contributed by atoms with Gasteiger partial charge >= 0.3 is 0 Å². The van der Waals surface area contributed by atoms with E-state index in [-0.39, 0.29) is 5.91 Å². The Balaban J connectivity index is 1.29. The first-order valence-corrected chi connectivity index (χ1v) is 12.8. The van der Waals surface area contributed by atoms with E-state index in [1.165, 1.54) is 82.6 Å². The summed E-state index contributed by atoms with van der Waals surface area (Å²) >= 11 is 0. The second-order valence-electron chi connectivity index (χ2n) is 9.48. The zero-order chi connectivity index (χ0) is 22.2. The molecule has 0 saturated heterocycles. The third-order valence-corrected chi connectivity index (χ3v) is 6.01. The van der Waals surface area contributed by atoms with E-state index in [2.05, 4.69) is 31.3 Å². The fourth-order valence-electron chi connectivity index (χ4n) is 4.06. The quantitative estimate of drug-likeness (QED) is 0.250. The van der Waals surface area contributed by atoms with Crippen molar-refractivity contribution in [3.8, 4) is 11.5 Å². The molecule has 1 heterocycles. The van der Waals surface area contributed by atoms with Crippen LogP contribution in [0.25, 0.3) is 0 Å². The Morgan fingerprint density at radius 1 is 0.806 bits per heavy atom. The van der Waals surface area contributed by atoms with Crippen LogP contribution in [-0.2, 0) is 11.2 Å². The van der Waals surface area contributed by atoms with Crippen LogP contribution in [0.15, 0.2) is 18.2 Å². The maximum Gasteiger partial charge on any atom is 0.231 e. The lowest BCUT2D eigenvalue weighted by atomic mass is 10.0. The minimum absolute atomic E-state index is 0.224. The van der Waals surface area contributed by atoms with Gasteiger partial charge in [0, 0.05) is 13.0 Å². The second kappa shape index (κ2) is 16.0. The minimum Gasteiger partial charge on any atom is -0.454 e. The Hall–Kier alpha value is -1.71. The number of unbranched alkanes of at least 4 members (excludes halogenated alkanes) is 12. The summed E-state index contributed by atoms with van der Waals surface area (Å²) in [6.45, 7) is 5.42. The highest BCUT2D eigenvalue weighted by molar-refractivity contribution is 5.75. The van der Waals surface area contributed by atoms with Gasteiger partial charge in [0.15, 0.2) is 11.5 Å². The average molecular weight is 432 g/mol. The highest BCUT2D eigenvalue weighted by Crippen LogP contribution is 2.32. The maximum atomic E-state index is 11.6. The Labute approximate surface area is 190 Å². The second-order valence-corrected chi connectivity index (χ2v) is 9.48. The third-order valence-electron chi connectivity index (χ3n) is 6.01. The highest BCUT2D eigenvalue weighted by atomic mass is 16.7. The van der Waals surface area contributed by atoms with E-state index in [4.69, 9.17) is 9.47 Å². The number of ether oxygens (including phenoxy) is 2. The van der Waals surface area contributed by atoms with Gasteiger partial charge in [-0.2, -0.15) is 0 Å². The van der Waals surface area contributed by atoms with Crippen LogP contribution in [0.5, 0.6) is 11.5 Å². The molecule has 0 unspecified atom stereocenters. The summed E-state index contributed by atoms with van der Waals surface area (Å²) in [5.41, 5.74) is 1.36. The number of hydrogen-bond acceptors (Lipinski definition) is 3. The van der Waals surface area contributed by atoms with E-state index >= 15 is 0 Å². The molecule has 1 aliphatic heterocycles. The monoisotopic (exact) mass is 431 g/mol. The summed E-state index contributed by atoms with van der Waals surface area (Å²) in [5.74, 6) is 2.55. The summed E-state index contributed by atoms with van der Waals surface area (Å²) < 4.78 is 10.8. The summed E-state index contributed by atoms with van der Waals surface area (Å²) in [4.78, 5) is 11.6. The fourth-order valence-corrected chi connectivity index (χ4v) is 4.06. The zero-order valence-corrected chi connectivity index (χ0v) is 20.1. The van der Waals surface area contributed by atoms with Crippen molar-refractivity contribution in [3.63, 3.8) is 0 Å². The van der Waals surface area contributed by atoms with Gasteiger partial charge in [0.2, 0.25) is 12.7 Å². The number of carbonyl (C=O) groups is 1. The van der Waals surface area contributed by atoms with E-state index in [9.17, 15) is 4.79 Å². The molecule has 0 spiro atoms. The predicted molar refractivity (Wildman–Crippen MR) is 129 cm³/mol. The van der Waals surface area contributed by atoms with Gasteiger partial charge in [0.1, 0.15) is 0 Å². The van der Waals surface area contributed by atoms with Crippen LogP contribution in [0.1, 0.15) is 109 Å². The van der Waals surface area contributed by atoms with Gasteiger partial charge in [-0.05, 0) is 42.9 Å². The van der Waals surface area contributed by atoms with Crippen molar-refractivity contribution in [2.45, 2.75) is 110 Å². The summed E-state index contributed by atoms with van der Waals surface area (Å²) in [5, 5.41) is 3.00. The number of nitrogens with one attached hydrogen (secondary N) is 1. The molecule has 1 aromatic rings. The smallest absolute Gasteiger partial charge is 0.231 e. The van der Waals surface area contributed by atoms with Crippen molar-refractivity contribution < 1.29 is 14.3 Å². The molecule has 1 amide bonds. The first-order chi connectivity index (χ1) is 15.1. The Bertz CT molecular complexity index is 614. The lowest BCUT2D eigenvalue weighted by molar-refractivity contribution is -0.121. The van der Waals surface area contributed by atoms with Gasteiger partial charge in [0.05, 0.1) is 0 Å². The van der Waals surface area contributed by atoms with E-state index in [0.717, 1.165) is 30.9 Å². The molecule has 4 nitrogen and oxygen atoms in total. The van der Waals surface area contributed by atoms with E-state index in [0.29, 0.717) is 19.1 Å². The van der Waals surface area contributed by atoms with Crippen LogP contribution in [0.3, 0.4) is 0 Å². The van der Waals surface area contributed by atoms with Crippen molar-refractivity contribution in [2.24, 2.45) is 5.92 Å². The van der Waals surface area contributed by atoms with Crippen LogP contribution >= 0.6 is 0 Å². The van der Waals surface area contributed by atoms with Gasteiger partial charge in [-0.3, -0.25) is 4.79 Å². The van der Waals surface area contributed by atoms with Gasteiger partial charge < -0.3 is 14.8 Å². The fraction of sp³-hybridized carbons (Fsp3) is 0.741. The first-order valence-electron chi connectivity index (χ1n) is 12.8. The van der Waals surface area contributed by atoms with Gasteiger partial charge in [0.25, 0.3) is 0 Å². The Morgan fingerprint density at radius 2 is 1.35 bits per heavy atom. The Kier molecular flexibility index (Phi) is 13.2. The van der Waals surface area contributed by atoms with Crippen molar-refractivity contribution in [1.82, 2.24) is 5.32 Å². The molecule has 1 aliphatic rings. The molecule has 0 fully saturated rings. The normalized spacial score (nSPS) is 12.5. The number of fused-ring (bicyclic) bond motifs is 1. The molecule has 176 valence electrons. The molecule has 0 atom stereocenters. The summed E-state index contributed by atoms with van der Waals surface area (Å²) in [6.07, 6.45) is 18.9. The zero-order valence-electron chi connectivity index (χ0n) is 20.1. The van der Waals surface area contributed by atoms with Crippen molar-refractivity contribution >= 4 is 5.91 Å². The van der Waals surface area contributed by atoms with Gasteiger partial charge in [-0.25, -0.2) is 0 Å². The predicted octanol–water partition coefficient (Wildman–Crippen LogP) is 7.19. The number of benzene rings is 1. The largest absolute Gasteiger partial charge is 0.454 e. The van der Waals surface area contributed by atoms with Gasteiger partial charge in [-0.15, -0.1) is 0 Å². The van der Waals surface area contributed by atoms with E-state index < -0.39 is 0 Å². The highest BCUT2D eigenvalue weighted by Gasteiger charge is 2.12. The van der Waals surface area contributed by atoms with Gasteiger partial charge in [-0.1, -0.05) is 90.5 Å². The lowest BCUT2D eigenvalue weighted by Gasteiger charge is -2.07.